The first-order chi connectivity index (χ1) is 39.3. The number of anilines is 3. The molecule has 448 valence electrons. The number of pyridine rings is 1. The van der Waals surface area contributed by atoms with Gasteiger partial charge in [-0.15, -0.1) is 0 Å². The molecule has 4 aromatic rings. The molecule has 2 saturated carbocycles. The van der Waals surface area contributed by atoms with Gasteiger partial charge < -0.3 is 64.2 Å². The highest BCUT2D eigenvalue weighted by atomic mass is 35.5. The molecule has 1 unspecified atom stereocenters. The van der Waals surface area contributed by atoms with Crippen LogP contribution >= 0.6 is 11.6 Å². The third kappa shape index (κ3) is 10.4. The highest BCUT2D eigenvalue weighted by Crippen LogP contribution is 2.59. The zero-order valence-corrected chi connectivity index (χ0v) is 50.0. The molecule has 5 bridgehead atoms. The van der Waals surface area contributed by atoms with Crippen LogP contribution in [0.4, 0.5) is 21.5 Å². The molecule has 0 spiro atoms. The summed E-state index contributed by atoms with van der Waals surface area (Å²) in [6.07, 6.45) is 11.2. The number of esters is 1. The average Bonchev–Trinajstić information content (AvgIpc) is 4.49. The van der Waals surface area contributed by atoms with E-state index in [0.29, 0.717) is 61.2 Å². The van der Waals surface area contributed by atoms with E-state index in [-0.39, 0.29) is 78.6 Å². The van der Waals surface area contributed by atoms with Gasteiger partial charge in [0.05, 0.1) is 57.1 Å². The van der Waals surface area contributed by atoms with E-state index in [1.807, 2.05) is 16.0 Å². The molecule has 2 saturated heterocycles. The molecule has 20 heteroatoms. The van der Waals surface area contributed by atoms with Crippen molar-refractivity contribution in [1.82, 2.24) is 9.47 Å². The van der Waals surface area contributed by atoms with Crippen molar-refractivity contribution >= 4 is 68.0 Å². The minimum atomic E-state index is -2.08. The first kappa shape index (κ1) is 59.8. The number of amides is 1. The lowest BCUT2D eigenvalue weighted by Gasteiger charge is -2.44. The molecule has 5 aliphatic heterocycles. The number of allylic oxidation sites excluding steroid dienone is 2. The molecule has 6 N–H and O–H groups in total. The number of Topliss-reactive ketones (excluding diaryl/α,β-unsaturated/α-hetero) is 1. The third-order valence-corrected chi connectivity index (χ3v) is 19.7. The van der Waals surface area contributed by atoms with Gasteiger partial charge in [-0.25, -0.2) is 4.39 Å². The van der Waals surface area contributed by atoms with Gasteiger partial charge in [-0.3, -0.25) is 24.1 Å². The van der Waals surface area contributed by atoms with Crippen LogP contribution in [0.5, 0.6) is 23.0 Å². The summed E-state index contributed by atoms with van der Waals surface area (Å²) in [6, 6.07) is 1.63. The number of aromatic nitrogens is 1. The van der Waals surface area contributed by atoms with Crippen molar-refractivity contribution < 1.29 is 63.3 Å². The number of rotatable bonds is 8. The van der Waals surface area contributed by atoms with Crippen LogP contribution in [0.1, 0.15) is 121 Å². The molecule has 1 aromatic heterocycles. The Balaban J connectivity index is 0.973. The number of carbonyl (C=O) groups excluding carboxylic acids is 3. The molecule has 7 aliphatic rings. The summed E-state index contributed by atoms with van der Waals surface area (Å²) in [5, 5.41) is 63.4. The Labute approximate surface area is 488 Å². The van der Waals surface area contributed by atoms with E-state index in [1.54, 1.807) is 53.7 Å². The summed E-state index contributed by atoms with van der Waals surface area (Å²) < 4.78 is 42.4. The maximum absolute atomic E-state index is 16.3. The molecule has 1 amide bonds. The van der Waals surface area contributed by atoms with Crippen molar-refractivity contribution in [2.75, 3.05) is 55.5 Å². The van der Waals surface area contributed by atoms with E-state index in [4.69, 9.17) is 30.5 Å². The Morgan fingerprint density at radius 2 is 1.55 bits per heavy atom. The van der Waals surface area contributed by atoms with Gasteiger partial charge in [-0.05, 0) is 90.8 Å². The van der Waals surface area contributed by atoms with Gasteiger partial charge in [0.1, 0.15) is 40.5 Å². The SMILES string of the molecule is CO[C@H]1/C=C/O[C@@]2(C)Oc3c(C)c(O)c4c(O)c(c(N5CCC(N(C)C6(C7CCN(c8c(F)cc9c(=O)c(C)cn(C%10CC%10)c9c8Cl)C7)CC6)CC5)c(O)c4c3C2=O)NC(=O)/C(C)=C\C=C\[C@H](C)[C@H](O)[C@@H](C)[C@@H](O)[C@@H](C)[C@H](OC(C)=O)[C@@H]1C. The number of aryl methyl sites for hydroxylation is 1. The summed E-state index contributed by atoms with van der Waals surface area (Å²) in [7, 11) is 3.58. The zero-order valence-electron chi connectivity index (χ0n) is 49.2. The average molecular weight is 1170 g/mol. The van der Waals surface area contributed by atoms with Gasteiger partial charge in [-0.1, -0.05) is 57.5 Å². The van der Waals surface area contributed by atoms with Crippen LogP contribution in [0.15, 0.2) is 53.2 Å². The quantitative estimate of drug-likeness (QED) is 0.0548. The number of aliphatic hydroxyl groups excluding tert-OH is 2. The van der Waals surface area contributed by atoms with Crippen LogP contribution in [-0.2, 0) is 23.8 Å². The predicted molar refractivity (Wildman–Crippen MR) is 315 cm³/mol. The molecule has 4 fully saturated rings. The zero-order chi connectivity index (χ0) is 60.0. The number of ketones is 1. The minimum Gasteiger partial charge on any atom is -0.507 e. The number of aliphatic hydroxyl groups is 2. The molecule has 3 aromatic carbocycles. The molecule has 10 atom stereocenters. The number of piperidine rings is 1. The van der Waals surface area contributed by atoms with Crippen LogP contribution in [0.2, 0.25) is 5.02 Å². The smallest absolute Gasteiger partial charge is 0.312 e. The molecule has 6 heterocycles. The maximum atomic E-state index is 16.3. The summed E-state index contributed by atoms with van der Waals surface area (Å²) in [6.45, 7) is 16.2. The van der Waals surface area contributed by atoms with E-state index in [0.717, 1.165) is 32.1 Å². The van der Waals surface area contributed by atoms with Crippen molar-refractivity contribution in [3.63, 3.8) is 0 Å². The normalized spacial score (nSPS) is 30.4. The Morgan fingerprint density at radius 1 is 0.880 bits per heavy atom. The number of phenols is 3. The fraction of sp³-hybridized carbons (Fsp3) is 0.556. The number of fused-ring (bicyclic) bond motifs is 15. The van der Waals surface area contributed by atoms with Crippen molar-refractivity contribution in [2.45, 2.75) is 155 Å². The standard InChI is InChI=1S/C63H79ClFN5O13/c1-30-13-12-14-31(2)61(79)66-48-51(68-24-18-39(19-25-68)67(10)63(21-22-63)38-17-23-69(29-38)50-42(65)27-41-49(47(50)64)70(40-15-16-40)28-32(3)53(41)73)57(77)44-45(56(48)76)55(75)36(7)59-46(44)60(78)62(9,83-59)81-26-20-43(80-11)33(4)58(82-37(8)71)35(6)54(74)34(5)52(30)72/h12-14,20,26-28,30,33-35,38-40,43,52,54,58,72,74-77H,15-19,21-25,29H2,1-11H3,(H,66,79)/b13-12+,26-20+,31-14-/t30-,33+,34+,35+,38?,43-,52-,54+,58+,62-/m0/s1. The number of hydrogen-bond donors (Lipinski definition) is 6. The second kappa shape index (κ2) is 22.6. The van der Waals surface area contributed by atoms with Gasteiger partial charge in [0.15, 0.2) is 11.2 Å². The first-order valence-corrected chi connectivity index (χ1v) is 29.5. The fourth-order valence-corrected chi connectivity index (χ4v) is 14.3. The highest BCUT2D eigenvalue weighted by Gasteiger charge is 2.56. The molecule has 2 aliphatic carbocycles. The second-order valence-corrected chi connectivity index (χ2v) is 25.0. The summed E-state index contributed by atoms with van der Waals surface area (Å²) in [5.74, 6) is -8.70. The summed E-state index contributed by atoms with van der Waals surface area (Å²) in [5.41, 5.74) is 0.966. The van der Waals surface area contributed by atoms with E-state index >= 15 is 4.39 Å². The maximum Gasteiger partial charge on any atom is 0.312 e. The van der Waals surface area contributed by atoms with E-state index in [2.05, 4.69) is 21.8 Å². The molecule has 18 nitrogen and oxygen atoms in total. The topological polar surface area (TPSA) is 233 Å². The lowest BCUT2D eigenvalue weighted by atomic mass is 9.78. The fourth-order valence-electron chi connectivity index (χ4n) is 13.9. The lowest BCUT2D eigenvalue weighted by Crippen LogP contribution is -2.51. The number of carbonyl (C=O) groups is 3. The summed E-state index contributed by atoms with van der Waals surface area (Å²) >= 11 is 7.15. The molecule has 83 heavy (non-hydrogen) atoms. The Morgan fingerprint density at radius 3 is 2.19 bits per heavy atom. The van der Waals surface area contributed by atoms with Crippen molar-refractivity contribution in [3.8, 4) is 23.0 Å². The molecule has 0 radical (unpaired) electrons. The first-order valence-electron chi connectivity index (χ1n) is 29.1. The van der Waals surface area contributed by atoms with Crippen LogP contribution in [-0.4, -0.2) is 135 Å². The number of halogens is 2. The van der Waals surface area contributed by atoms with Gasteiger partial charge in [0, 0.05) is 117 Å². The van der Waals surface area contributed by atoms with E-state index in [9.17, 15) is 44.7 Å². The molecular formula is C63H79ClFN5O13. The number of nitrogens with zero attached hydrogens (tertiary/aromatic N) is 4. The number of methoxy groups -OCH3 is 1. The monoisotopic (exact) mass is 1170 g/mol. The number of benzene rings is 3. The van der Waals surface area contributed by atoms with E-state index < -0.39 is 94.6 Å². The van der Waals surface area contributed by atoms with Gasteiger partial charge in [0.25, 0.3) is 11.7 Å². The number of ether oxygens (including phenoxy) is 4. The largest absolute Gasteiger partial charge is 0.507 e. The van der Waals surface area contributed by atoms with Crippen molar-refractivity contribution in [1.29, 1.82) is 0 Å². The van der Waals surface area contributed by atoms with Gasteiger partial charge >= 0.3 is 11.8 Å². The Kier molecular flexibility index (Phi) is 16.2. The number of aromatic hydroxyl groups is 3. The number of hydrogen-bond acceptors (Lipinski definition) is 16. The van der Waals surface area contributed by atoms with Crippen LogP contribution in [0.25, 0.3) is 21.7 Å². The minimum absolute atomic E-state index is 0.0248. The van der Waals surface area contributed by atoms with Crippen LogP contribution < -0.4 is 25.3 Å². The molecular weight excluding hydrogens is 1090 g/mol. The Bertz CT molecular complexity index is 3440. The number of nitrogens with one attached hydrogen (secondary N) is 1. The third-order valence-electron chi connectivity index (χ3n) is 19.3. The predicted octanol–water partition coefficient (Wildman–Crippen LogP) is 9.46. The van der Waals surface area contributed by atoms with Crippen molar-refractivity contribution in [3.05, 3.63) is 86.2 Å². The highest BCUT2D eigenvalue weighted by molar-refractivity contribution is 6.38. The van der Waals surface area contributed by atoms with Crippen LogP contribution in [0.3, 0.4) is 0 Å². The van der Waals surface area contributed by atoms with Crippen molar-refractivity contribution in [2.24, 2.45) is 29.6 Å². The molecule has 11 rings (SSSR count). The summed E-state index contributed by atoms with van der Waals surface area (Å²) in [4.78, 5) is 61.4. The van der Waals surface area contributed by atoms with Gasteiger partial charge in [0.2, 0.25) is 0 Å². The van der Waals surface area contributed by atoms with Gasteiger partial charge in [-0.2, -0.15) is 0 Å². The number of phenolic OH excluding ortho intramolecular Hbond substituents is 3. The van der Waals surface area contributed by atoms with Crippen LogP contribution in [0, 0.1) is 49.3 Å². The Hall–Kier alpha value is -6.38. The van der Waals surface area contributed by atoms with E-state index in [1.165, 1.54) is 52.4 Å². The second-order valence-electron chi connectivity index (χ2n) is 24.6. The lowest BCUT2D eigenvalue weighted by molar-refractivity contribution is -0.160.